The number of nitrogens with zero attached hydrogens (tertiary/aromatic N) is 5. The monoisotopic (exact) mass is 427 g/mol. The number of fused-ring (bicyclic) bond motifs is 4. The molecule has 160 valence electrons. The van der Waals surface area contributed by atoms with Crippen molar-refractivity contribution >= 4 is 28.4 Å². The molecule has 2 saturated heterocycles. The zero-order chi connectivity index (χ0) is 20.7. The number of carbonyl (C=O) groups excluding carboxylic acids is 1. The lowest BCUT2D eigenvalue weighted by Crippen LogP contribution is -2.51. The zero-order valence-corrected chi connectivity index (χ0v) is 18.2. The highest BCUT2D eigenvalue weighted by molar-refractivity contribution is 7.13. The van der Waals surface area contributed by atoms with E-state index in [2.05, 4.69) is 32.5 Å². The molecule has 2 aromatic heterocycles. The summed E-state index contributed by atoms with van der Waals surface area (Å²) in [6.07, 6.45) is 8.13. The van der Waals surface area contributed by atoms with E-state index in [0.717, 1.165) is 68.2 Å². The van der Waals surface area contributed by atoms with Gasteiger partial charge in [0.1, 0.15) is 0 Å². The molecule has 3 aliphatic heterocycles. The van der Waals surface area contributed by atoms with Crippen LogP contribution < -0.4 is 11.1 Å². The van der Waals surface area contributed by atoms with Crippen LogP contribution in [-0.2, 0) is 13.0 Å². The topological polar surface area (TPSA) is 100 Å². The van der Waals surface area contributed by atoms with Crippen molar-refractivity contribution in [1.82, 2.24) is 24.8 Å². The minimum Gasteiger partial charge on any atom is -0.368 e. The summed E-state index contributed by atoms with van der Waals surface area (Å²) in [6.45, 7) is 5.43. The predicted molar refractivity (Wildman–Crippen MR) is 117 cm³/mol. The van der Waals surface area contributed by atoms with Crippen molar-refractivity contribution in [3.8, 4) is 0 Å². The molecule has 0 spiro atoms. The van der Waals surface area contributed by atoms with Crippen LogP contribution >= 0.6 is 11.3 Å². The molecular formula is C21H29N7OS. The number of nitrogen functional groups attached to an aromatic ring is 1. The van der Waals surface area contributed by atoms with Crippen molar-refractivity contribution in [2.24, 2.45) is 5.92 Å². The van der Waals surface area contributed by atoms with Gasteiger partial charge in [-0.1, -0.05) is 6.92 Å². The number of piperidine rings is 2. The molecule has 0 aromatic carbocycles. The number of anilines is 2. The molecule has 0 radical (unpaired) electrons. The highest BCUT2D eigenvalue weighted by Crippen LogP contribution is 2.41. The third-order valence-electron chi connectivity index (χ3n) is 6.58. The SMILES string of the molecule is CC1CCCN(Cc2csc(NC(=O)N3C4CCCC3c3cnc(N)nc3C4)n2)C1. The summed E-state index contributed by atoms with van der Waals surface area (Å²) in [6, 6.07) is 0.0989. The van der Waals surface area contributed by atoms with E-state index >= 15 is 0 Å². The Morgan fingerprint density at radius 1 is 1.30 bits per heavy atom. The van der Waals surface area contributed by atoms with Crippen LogP contribution in [-0.4, -0.2) is 49.9 Å². The smallest absolute Gasteiger partial charge is 0.324 e. The molecule has 3 unspecified atom stereocenters. The van der Waals surface area contributed by atoms with Crippen LogP contribution in [0.4, 0.5) is 15.9 Å². The molecule has 3 N–H and O–H groups in total. The van der Waals surface area contributed by atoms with E-state index in [1.807, 2.05) is 4.90 Å². The Labute approximate surface area is 180 Å². The van der Waals surface area contributed by atoms with Gasteiger partial charge in [-0.25, -0.2) is 19.7 Å². The summed E-state index contributed by atoms with van der Waals surface area (Å²) in [5, 5.41) is 5.80. The van der Waals surface area contributed by atoms with E-state index in [4.69, 9.17) is 10.7 Å². The summed E-state index contributed by atoms with van der Waals surface area (Å²) in [7, 11) is 0. The number of urea groups is 1. The Morgan fingerprint density at radius 2 is 2.20 bits per heavy atom. The first-order valence-corrected chi connectivity index (χ1v) is 11.8. The van der Waals surface area contributed by atoms with Crippen LogP contribution in [0.15, 0.2) is 11.6 Å². The molecular weight excluding hydrogens is 398 g/mol. The summed E-state index contributed by atoms with van der Waals surface area (Å²) >= 11 is 1.51. The molecule has 3 atom stereocenters. The lowest BCUT2D eigenvalue weighted by molar-refractivity contribution is 0.104. The third kappa shape index (κ3) is 3.88. The van der Waals surface area contributed by atoms with Crippen LogP contribution in [0.2, 0.25) is 0 Å². The Bertz CT molecular complexity index is 932. The van der Waals surface area contributed by atoms with Crippen molar-refractivity contribution in [3.05, 3.63) is 28.5 Å². The fourth-order valence-electron chi connectivity index (χ4n) is 5.25. The number of amides is 2. The van der Waals surface area contributed by atoms with Crippen molar-refractivity contribution in [3.63, 3.8) is 0 Å². The first kappa shape index (κ1) is 19.7. The normalized spacial score (nSPS) is 26.3. The minimum atomic E-state index is -0.0698. The number of carbonyl (C=O) groups is 1. The number of likely N-dealkylation sites (tertiary alicyclic amines) is 1. The first-order chi connectivity index (χ1) is 14.6. The average molecular weight is 428 g/mol. The maximum absolute atomic E-state index is 13.2. The molecule has 2 fully saturated rings. The fraction of sp³-hybridized carbons (Fsp3) is 0.619. The van der Waals surface area contributed by atoms with Gasteiger partial charge in [0.25, 0.3) is 0 Å². The molecule has 0 aliphatic carbocycles. The zero-order valence-electron chi connectivity index (χ0n) is 17.4. The number of aromatic nitrogens is 3. The van der Waals surface area contributed by atoms with Gasteiger partial charge < -0.3 is 10.6 Å². The Hall–Kier alpha value is -2.26. The Balaban J connectivity index is 1.28. The summed E-state index contributed by atoms with van der Waals surface area (Å²) in [5.74, 6) is 1.06. The van der Waals surface area contributed by atoms with Crippen LogP contribution in [0.1, 0.15) is 62.0 Å². The molecule has 3 aliphatic rings. The first-order valence-electron chi connectivity index (χ1n) is 10.9. The summed E-state index contributed by atoms with van der Waals surface area (Å²) < 4.78 is 0. The van der Waals surface area contributed by atoms with Gasteiger partial charge in [0, 0.05) is 42.7 Å². The number of rotatable bonds is 3. The molecule has 5 heterocycles. The van der Waals surface area contributed by atoms with Gasteiger partial charge in [-0.15, -0.1) is 11.3 Å². The van der Waals surface area contributed by atoms with Gasteiger partial charge in [0.15, 0.2) is 5.13 Å². The molecule has 9 heteroatoms. The van der Waals surface area contributed by atoms with E-state index in [9.17, 15) is 4.79 Å². The number of hydrogen-bond donors (Lipinski definition) is 2. The quantitative estimate of drug-likeness (QED) is 0.778. The number of hydrogen-bond acceptors (Lipinski definition) is 7. The van der Waals surface area contributed by atoms with Gasteiger partial charge >= 0.3 is 6.03 Å². The minimum absolute atomic E-state index is 0.0161. The van der Waals surface area contributed by atoms with Crippen molar-refractivity contribution < 1.29 is 4.79 Å². The second-order valence-corrected chi connectivity index (χ2v) is 9.76. The van der Waals surface area contributed by atoms with E-state index in [-0.39, 0.29) is 18.1 Å². The van der Waals surface area contributed by atoms with Crippen LogP contribution in [0.5, 0.6) is 0 Å². The third-order valence-corrected chi connectivity index (χ3v) is 7.38. The lowest BCUT2D eigenvalue weighted by Gasteiger charge is -2.45. The molecule has 2 bridgehead atoms. The number of nitrogens with one attached hydrogen (secondary N) is 1. The van der Waals surface area contributed by atoms with Gasteiger partial charge in [-0.2, -0.15) is 0 Å². The van der Waals surface area contributed by atoms with Crippen LogP contribution in [0, 0.1) is 5.92 Å². The largest absolute Gasteiger partial charge is 0.368 e. The molecule has 2 aromatic rings. The highest BCUT2D eigenvalue weighted by atomic mass is 32.1. The summed E-state index contributed by atoms with van der Waals surface area (Å²) in [5.41, 5.74) is 8.85. The van der Waals surface area contributed by atoms with Gasteiger partial charge in [0.05, 0.1) is 17.4 Å². The van der Waals surface area contributed by atoms with E-state index in [1.165, 1.54) is 24.2 Å². The Morgan fingerprint density at radius 3 is 3.07 bits per heavy atom. The predicted octanol–water partition coefficient (Wildman–Crippen LogP) is 3.43. The maximum Gasteiger partial charge on any atom is 0.324 e. The number of nitrogens with two attached hydrogens (primary N) is 1. The van der Waals surface area contributed by atoms with Crippen molar-refractivity contribution in [1.29, 1.82) is 0 Å². The van der Waals surface area contributed by atoms with Crippen LogP contribution in [0.25, 0.3) is 0 Å². The van der Waals surface area contributed by atoms with E-state index in [1.54, 1.807) is 6.20 Å². The number of thiazole rings is 1. The van der Waals surface area contributed by atoms with Crippen molar-refractivity contribution in [2.75, 3.05) is 24.1 Å². The summed E-state index contributed by atoms with van der Waals surface area (Å²) in [4.78, 5) is 31.0. The van der Waals surface area contributed by atoms with Gasteiger partial charge in [-0.3, -0.25) is 10.2 Å². The van der Waals surface area contributed by atoms with Crippen molar-refractivity contribution in [2.45, 2.75) is 64.1 Å². The second-order valence-electron chi connectivity index (χ2n) is 8.90. The molecule has 5 rings (SSSR count). The Kier molecular flexibility index (Phi) is 5.32. The fourth-order valence-corrected chi connectivity index (χ4v) is 5.94. The van der Waals surface area contributed by atoms with E-state index < -0.39 is 0 Å². The molecule has 8 nitrogen and oxygen atoms in total. The standard InChI is InChI=1S/C21H29N7OS/c1-13-4-3-7-27(10-13)11-14-12-30-20(24-14)26-21(29)28-15-5-2-6-18(28)16-9-23-19(22)25-17(16)8-15/h9,12-13,15,18H,2-8,10-11H2,1H3,(H2,22,23,25)(H,24,26,29). The maximum atomic E-state index is 13.2. The van der Waals surface area contributed by atoms with Gasteiger partial charge in [0.2, 0.25) is 5.95 Å². The molecule has 30 heavy (non-hydrogen) atoms. The molecule has 2 amide bonds. The second kappa shape index (κ2) is 8.11. The lowest BCUT2D eigenvalue weighted by atomic mass is 9.83. The molecule has 0 saturated carbocycles. The van der Waals surface area contributed by atoms with Gasteiger partial charge in [-0.05, 0) is 44.6 Å². The van der Waals surface area contributed by atoms with Crippen LogP contribution in [0.3, 0.4) is 0 Å². The van der Waals surface area contributed by atoms with E-state index in [0.29, 0.717) is 11.1 Å². The highest BCUT2D eigenvalue weighted by Gasteiger charge is 2.41. The average Bonchev–Trinajstić information content (AvgIpc) is 3.14.